The summed E-state index contributed by atoms with van der Waals surface area (Å²) in [6, 6.07) is -0.721. The molecule has 0 saturated heterocycles. The number of carboxylic acids is 1. The van der Waals surface area contributed by atoms with Crippen LogP contribution in [0.2, 0.25) is 0 Å². The Morgan fingerprint density at radius 1 is 1.67 bits per heavy atom. The van der Waals surface area contributed by atoms with Gasteiger partial charge in [0.15, 0.2) is 0 Å². The fraction of sp³-hybridized carbons (Fsp3) is 0.727. The van der Waals surface area contributed by atoms with E-state index in [9.17, 15) is 4.79 Å². The minimum Gasteiger partial charge on any atom is -0.480 e. The van der Waals surface area contributed by atoms with Gasteiger partial charge in [0, 0.05) is 0 Å². The molecule has 3 N–H and O–H groups in total. The summed E-state index contributed by atoms with van der Waals surface area (Å²) in [5.41, 5.74) is 8.45. The predicted molar refractivity (Wildman–Crippen MR) is 55.5 cm³/mol. The Labute approximate surface area is 89.1 Å². The summed E-state index contributed by atoms with van der Waals surface area (Å²) in [7, 11) is 0. The maximum atomic E-state index is 10.5. The molecule has 4 nitrogen and oxygen atoms in total. The van der Waals surface area contributed by atoms with Crippen LogP contribution in [-0.2, 0) is 9.53 Å². The van der Waals surface area contributed by atoms with Gasteiger partial charge in [-0.05, 0) is 37.7 Å². The van der Waals surface area contributed by atoms with Crippen LogP contribution in [0, 0.1) is 0 Å². The molecule has 2 rings (SSSR count). The quantitative estimate of drug-likeness (QED) is 0.667. The van der Waals surface area contributed by atoms with Gasteiger partial charge < -0.3 is 15.6 Å². The molecular formula is C11H17NO3. The lowest BCUT2D eigenvalue weighted by Crippen LogP contribution is -2.30. The van der Waals surface area contributed by atoms with E-state index in [1.165, 1.54) is 5.57 Å². The summed E-state index contributed by atoms with van der Waals surface area (Å²) in [5, 5.41) is 8.61. The Morgan fingerprint density at radius 3 is 3.20 bits per heavy atom. The third kappa shape index (κ3) is 2.58. The van der Waals surface area contributed by atoms with Crippen LogP contribution in [0.1, 0.15) is 32.1 Å². The second-order valence-corrected chi connectivity index (χ2v) is 4.29. The van der Waals surface area contributed by atoms with Crippen molar-refractivity contribution in [3.8, 4) is 0 Å². The fourth-order valence-corrected chi connectivity index (χ4v) is 2.11. The molecule has 2 aliphatic rings. The molecular weight excluding hydrogens is 194 g/mol. The maximum Gasteiger partial charge on any atom is 0.320 e. The number of hydrogen-bond donors (Lipinski definition) is 2. The molecule has 0 radical (unpaired) electrons. The first kappa shape index (κ1) is 10.6. The number of rotatable bonds is 5. The first-order chi connectivity index (χ1) is 7.18. The van der Waals surface area contributed by atoms with Crippen LogP contribution in [0.5, 0.6) is 0 Å². The van der Waals surface area contributed by atoms with E-state index in [0.29, 0.717) is 6.42 Å². The lowest BCUT2D eigenvalue weighted by molar-refractivity contribution is -0.138. The first-order valence-corrected chi connectivity index (χ1v) is 5.49. The number of nitrogens with two attached hydrogens (primary N) is 1. The smallest absolute Gasteiger partial charge is 0.320 e. The largest absolute Gasteiger partial charge is 0.480 e. The molecule has 4 heteroatoms. The number of aliphatic carboxylic acids is 1. The fourth-order valence-electron chi connectivity index (χ4n) is 2.11. The average Bonchev–Trinajstić information content (AvgIpc) is 2.97. The number of carboxylic acid groups (broad SMARTS) is 1. The van der Waals surface area contributed by atoms with Crippen LogP contribution in [-0.4, -0.2) is 29.8 Å². The van der Waals surface area contributed by atoms with Crippen molar-refractivity contribution in [1.82, 2.24) is 0 Å². The van der Waals surface area contributed by atoms with E-state index in [1.54, 1.807) is 5.57 Å². The predicted octanol–water partition coefficient (Wildman–Crippen LogP) is 1.06. The van der Waals surface area contributed by atoms with Crippen molar-refractivity contribution in [2.45, 2.75) is 44.2 Å². The topological polar surface area (TPSA) is 72.5 Å². The molecule has 1 aliphatic heterocycles. The summed E-state index contributed by atoms with van der Waals surface area (Å²) in [5.74, 6) is -0.911. The maximum absolute atomic E-state index is 10.5. The summed E-state index contributed by atoms with van der Waals surface area (Å²) < 4.78 is 5.63. The molecule has 0 fully saturated rings. The molecule has 0 aromatic heterocycles. The molecule has 0 aromatic rings. The third-order valence-electron chi connectivity index (χ3n) is 3.14. The zero-order chi connectivity index (χ0) is 10.8. The summed E-state index contributed by atoms with van der Waals surface area (Å²) in [4.78, 5) is 10.5. The van der Waals surface area contributed by atoms with Crippen molar-refractivity contribution < 1.29 is 14.6 Å². The van der Waals surface area contributed by atoms with Gasteiger partial charge in [-0.2, -0.15) is 0 Å². The van der Waals surface area contributed by atoms with Gasteiger partial charge in [0.2, 0.25) is 0 Å². The van der Waals surface area contributed by atoms with Gasteiger partial charge >= 0.3 is 5.97 Å². The van der Waals surface area contributed by atoms with E-state index in [2.05, 4.69) is 0 Å². The van der Waals surface area contributed by atoms with Crippen LogP contribution < -0.4 is 5.73 Å². The molecule has 0 amide bonds. The van der Waals surface area contributed by atoms with Crippen molar-refractivity contribution in [2.24, 2.45) is 5.73 Å². The van der Waals surface area contributed by atoms with Gasteiger partial charge in [0.05, 0.1) is 12.7 Å². The molecule has 1 aliphatic carbocycles. The van der Waals surface area contributed by atoms with E-state index >= 15 is 0 Å². The van der Waals surface area contributed by atoms with Crippen molar-refractivity contribution in [1.29, 1.82) is 0 Å². The molecule has 1 heterocycles. The zero-order valence-corrected chi connectivity index (χ0v) is 8.74. The lowest BCUT2D eigenvalue weighted by atomic mass is 10.1. The molecule has 84 valence electrons. The minimum absolute atomic E-state index is 0.259. The number of ether oxygens (including phenoxy) is 1. The highest BCUT2D eigenvalue weighted by Gasteiger charge is 2.32. The highest BCUT2D eigenvalue weighted by molar-refractivity contribution is 5.72. The Balaban J connectivity index is 1.68. The van der Waals surface area contributed by atoms with Crippen molar-refractivity contribution in [3.05, 3.63) is 11.1 Å². The second-order valence-electron chi connectivity index (χ2n) is 4.29. The standard InChI is InChI=1S/C11H17NO3/c12-9(11(13)14)2-1-3-10-8-6-7(8)4-5-15-10/h9-10H,1-6,12H2,(H,13,14). The highest BCUT2D eigenvalue weighted by atomic mass is 16.5. The normalized spacial score (nSPS) is 26.1. The van der Waals surface area contributed by atoms with E-state index in [4.69, 9.17) is 15.6 Å². The zero-order valence-electron chi connectivity index (χ0n) is 8.74. The summed E-state index contributed by atoms with van der Waals surface area (Å²) in [6.45, 7) is 0.828. The molecule has 0 bridgehead atoms. The highest BCUT2D eigenvalue weighted by Crippen LogP contribution is 2.42. The molecule has 15 heavy (non-hydrogen) atoms. The Kier molecular flexibility index (Phi) is 3.07. The summed E-state index contributed by atoms with van der Waals surface area (Å²) in [6.07, 6.45) is 4.79. The van der Waals surface area contributed by atoms with Crippen molar-refractivity contribution >= 4 is 5.97 Å². The van der Waals surface area contributed by atoms with Crippen molar-refractivity contribution in [3.63, 3.8) is 0 Å². The van der Waals surface area contributed by atoms with Gasteiger partial charge in [-0.25, -0.2) is 0 Å². The van der Waals surface area contributed by atoms with Gasteiger partial charge in [-0.1, -0.05) is 5.57 Å². The lowest BCUT2D eigenvalue weighted by Gasteiger charge is -2.17. The van der Waals surface area contributed by atoms with Crippen LogP contribution in [0.25, 0.3) is 0 Å². The molecule has 0 saturated carbocycles. The summed E-state index contributed by atoms with van der Waals surface area (Å²) >= 11 is 0. The monoisotopic (exact) mass is 211 g/mol. The average molecular weight is 211 g/mol. The van der Waals surface area contributed by atoms with E-state index in [0.717, 1.165) is 32.3 Å². The van der Waals surface area contributed by atoms with E-state index in [-0.39, 0.29) is 6.10 Å². The van der Waals surface area contributed by atoms with Crippen LogP contribution >= 0.6 is 0 Å². The first-order valence-electron chi connectivity index (χ1n) is 5.49. The minimum atomic E-state index is -0.911. The van der Waals surface area contributed by atoms with E-state index in [1.807, 2.05) is 0 Å². The number of hydrogen-bond acceptors (Lipinski definition) is 3. The third-order valence-corrected chi connectivity index (χ3v) is 3.14. The van der Waals surface area contributed by atoms with Gasteiger partial charge in [-0.3, -0.25) is 4.79 Å². The number of carbonyl (C=O) groups is 1. The van der Waals surface area contributed by atoms with Crippen molar-refractivity contribution in [2.75, 3.05) is 6.61 Å². The van der Waals surface area contributed by atoms with Gasteiger partial charge in [0.25, 0.3) is 0 Å². The van der Waals surface area contributed by atoms with Gasteiger partial charge in [0.1, 0.15) is 6.04 Å². The molecule has 2 unspecified atom stereocenters. The van der Waals surface area contributed by atoms with E-state index < -0.39 is 12.0 Å². The molecule has 0 aromatic carbocycles. The van der Waals surface area contributed by atoms with Crippen LogP contribution in [0.15, 0.2) is 11.1 Å². The Morgan fingerprint density at radius 2 is 2.47 bits per heavy atom. The molecule has 0 spiro atoms. The van der Waals surface area contributed by atoms with Gasteiger partial charge in [-0.15, -0.1) is 0 Å². The van der Waals surface area contributed by atoms with Crippen LogP contribution in [0.3, 0.4) is 0 Å². The molecule has 2 atom stereocenters. The Hall–Kier alpha value is -0.870. The Bertz CT molecular complexity index is 298. The SMILES string of the molecule is NC(CCCC1OCCC2=C1C2)C(=O)O. The second kappa shape index (κ2) is 4.33. The van der Waals surface area contributed by atoms with Crippen LogP contribution in [0.4, 0.5) is 0 Å².